The molecule has 38 heavy (non-hydrogen) atoms. The van der Waals surface area contributed by atoms with E-state index in [0.717, 1.165) is 68.3 Å². The molecule has 0 amide bonds. The van der Waals surface area contributed by atoms with Gasteiger partial charge in [-0.1, -0.05) is 18.2 Å². The molecule has 2 fully saturated rings. The van der Waals surface area contributed by atoms with Crippen molar-refractivity contribution >= 4 is 11.9 Å². The van der Waals surface area contributed by atoms with E-state index in [1.54, 1.807) is 18.2 Å². The van der Waals surface area contributed by atoms with Gasteiger partial charge in [0, 0.05) is 17.0 Å². The zero-order chi connectivity index (χ0) is 26.8. The monoisotopic (exact) mass is 523 g/mol. The van der Waals surface area contributed by atoms with E-state index in [-0.39, 0.29) is 48.3 Å². The van der Waals surface area contributed by atoms with Gasteiger partial charge in [0.15, 0.2) is 0 Å². The second-order valence-electron chi connectivity index (χ2n) is 10.8. The molecule has 204 valence electrons. The molecule has 4 atom stereocenters. The van der Waals surface area contributed by atoms with Gasteiger partial charge in [0.2, 0.25) is 0 Å². The molecule has 2 aliphatic heterocycles. The number of halogens is 1. The first-order valence-electron chi connectivity index (χ1n) is 14.0. The maximum absolute atomic E-state index is 14.1. The van der Waals surface area contributed by atoms with E-state index in [4.69, 9.17) is 14.2 Å². The minimum Gasteiger partial charge on any atom is -0.489 e. The summed E-state index contributed by atoms with van der Waals surface area (Å²) in [6.45, 7) is 8.14. The van der Waals surface area contributed by atoms with E-state index >= 15 is 0 Å². The summed E-state index contributed by atoms with van der Waals surface area (Å²) in [5, 5.41) is 0. The predicted octanol–water partition coefficient (Wildman–Crippen LogP) is 5.61. The van der Waals surface area contributed by atoms with Crippen molar-refractivity contribution in [2.45, 2.75) is 78.0 Å². The Morgan fingerprint density at radius 1 is 1.21 bits per heavy atom. The zero-order valence-electron chi connectivity index (χ0n) is 22.6. The lowest BCUT2D eigenvalue weighted by atomic mass is 9.73. The van der Waals surface area contributed by atoms with Gasteiger partial charge in [0.1, 0.15) is 30.3 Å². The van der Waals surface area contributed by atoms with Crippen molar-refractivity contribution in [2.75, 3.05) is 19.7 Å². The fourth-order valence-electron chi connectivity index (χ4n) is 6.67. The molecular formula is C31H38FNO5. The number of carbonyl (C=O) groups is 2. The Balaban J connectivity index is 1.27. The standard InChI is InChI=1S/C31H38FNO5/c1-4-36-31(35)26-12-8-16-33(26)15-7-10-24-23-14-13-22-19(2)17-27(20(3)28(22)29(23)38-30(24)34)37-18-21-9-5-6-11-25(21)32/h5-6,9,11,17,23-24,26,29H,4,7-8,10,12-16,18H2,1-3H3/t23?,24?,26-,29-/m1/s1. The SMILES string of the molecule is CCOC(=O)[C@H]1CCCN1CCCC1C(=O)O[C@H]2c3c(C)c(OCc4ccccc4F)cc(C)c3CCC12. The third-order valence-corrected chi connectivity index (χ3v) is 8.61. The molecule has 2 unspecified atom stereocenters. The number of carbonyl (C=O) groups excluding carboxylic acids is 2. The Kier molecular flexibility index (Phi) is 8.03. The molecule has 1 aliphatic carbocycles. The lowest BCUT2D eigenvalue weighted by Crippen LogP contribution is -2.38. The molecule has 0 aromatic heterocycles. The largest absolute Gasteiger partial charge is 0.489 e. The zero-order valence-corrected chi connectivity index (χ0v) is 22.6. The fraction of sp³-hybridized carbons (Fsp3) is 0.548. The average molecular weight is 524 g/mol. The van der Waals surface area contributed by atoms with Crippen LogP contribution in [0.2, 0.25) is 0 Å². The first-order chi connectivity index (χ1) is 18.4. The second-order valence-corrected chi connectivity index (χ2v) is 10.8. The van der Waals surface area contributed by atoms with Crippen LogP contribution < -0.4 is 4.74 Å². The summed E-state index contributed by atoms with van der Waals surface area (Å²) in [5.41, 5.74) is 4.91. The topological polar surface area (TPSA) is 65.1 Å². The number of benzene rings is 2. The van der Waals surface area contributed by atoms with Crippen molar-refractivity contribution in [3.05, 3.63) is 64.0 Å². The van der Waals surface area contributed by atoms with Crippen molar-refractivity contribution in [3.8, 4) is 5.75 Å². The molecule has 0 saturated carbocycles. The summed E-state index contributed by atoms with van der Waals surface area (Å²) in [5.74, 6) is 0.173. The number of fused-ring (bicyclic) bond motifs is 3. The van der Waals surface area contributed by atoms with Crippen LogP contribution in [-0.4, -0.2) is 42.6 Å². The molecule has 2 heterocycles. The van der Waals surface area contributed by atoms with Crippen LogP contribution in [-0.2, 0) is 32.1 Å². The highest BCUT2D eigenvalue weighted by Gasteiger charge is 2.48. The highest BCUT2D eigenvalue weighted by Crippen LogP contribution is 2.51. The number of aryl methyl sites for hydroxylation is 1. The van der Waals surface area contributed by atoms with Crippen LogP contribution in [0.15, 0.2) is 30.3 Å². The van der Waals surface area contributed by atoms with Crippen LogP contribution >= 0.6 is 0 Å². The van der Waals surface area contributed by atoms with Crippen LogP contribution in [0.25, 0.3) is 0 Å². The number of esters is 2. The Labute approximate surface area is 224 Å². The van der Waals surface area contributed by atoms with Crippen LogP contribution in [0.5, 0.6) is 5.75 Å². The maximum atomic E-state index is 14.1. The van der Waals surface area contributed by atoms with Crippen LogP contribution in [0.3, 0.4) is 0 Å². The van der Waals surface area contributed by atoms with E-state index in [1.165, 1.54) is 11.6 Å². The molecule has 0 spiro atoms. The Bertz CT molecular complexity index is 1200. The molecular weight excluding hydrogens is 485 g/mol. The highest BCUT2D eigenvalue weighted by atomic mass is 19.1. The summed E-state index contributed by atoms with van der Waals surface area (Å²) >= 11 is 0. The number of rotatable bonds is 9. The Morgan fingerprint density at radius 2 is 2.03 bits per heavy atom. The van der Waals surface area contributed by atoms with Gasteiger partial charge >= 0.3 is 11.9 Å². The molecule has 7 heteroatoms. The lowest BCUT2D eigenvalue weighted by molar-refractivity contribution is -0.148. The van der Waals surface area contributed by atoms with Crippen molar-refractivity contribution in [2.24, 2.45) is 11.8 Å². The summed E-state index contributed by atoms with van der Waals surface area (Å²) in [7, 11) is 0. The Morgan fingerprint density at radius 3 is 2.82 bits per heavy atom. The minimum atomic E-state index is -0.282. The van der Waals surface area contributed by atoms with E-state index in [9.17, 15) is 14.0 Å². The lowest BCUT2D eigenvalue weighted by Gasteiger charge is -2.32. The molecule has 2 aromatic carbocycles. The molecule has 3 aliphatic rings. The summed E-state index contributed by atoms with van der Waals surface area (Å²) in [4.78, 5) is 27.6. The highest BCUT2D eigenvalue weighted by molar-refractivity contribution is 5.77. The molecule has 2 aromatic rings. The van der Waals surface area contributed by atoms with Crippen molar-refractivity contribution in [1.29, 1.82) is 0 Å². The van der Waals surface area contributed by atoms with E-state index < -0.39 is 0 Å². The number of hydrogen-bond donors (Lipinski definition) is 0. The maximum Gasteiger partial charge on any atom is 0.323 e. The van der Waals surface area contributed by atoms with Gasteiger partial charge in [-0.2, -0.15) is 0 Å². The third-order valence-electron chi connectivity index (χ3n) is 8.61. The predicted molar refractivity (Wildman–Crippen MR) is 141 cm³/mol. The molecule has 0 radical (unpaired) electrons. The van der Waals surface area contributed by atoms with E-state index in [1.807, 2.05) is 19.9 Å². The summed E-state index contributed by atoms with van der Waals surface area (Å²) in [6, 6.07) is 8.50. The molecule has 6 nitrogen and oxygen atoms in total. The number of ether oxygens (including phenoxy) is 3. The second kappa shape index (κ2) is 11.4. The van der Waals surface area contributed by atoms with Gasteiger partial charge in [-0.25, -0.2) is 4.39 Å². The van der Waals surface area contributed by atoms with Gasteiger partial charge < -0.3 is 14.2 Å². The smallest absolute Gasteiger partial charge is 0.323 e. The van der Waals surface area contributed by atoms with Crippen molar-refractivity contribution in [1.82, 2.24) is 4.90 Å². The molecule has 2 saturated heterocycles. The minimum absolute atomic E-state index is 0.119. The molecule has 0 N–H and O–H groups in total. The van der Waals surface area contributed by atoms with E-state index in [2.05, 4.69) is 11.8 Å². The van der Waals surface area contributed by atoms with Crippen LogP contribution in [0.4, 0.5) is 4.39 Å². The molecule has 0 bridgehead atoms. The number of nitrogens with zero attached hydrogens (tertiary/aromatic N) is 1. The number of hydrogen-bond acceptors (Lipinski definition) is 6. The normalized spacial score (nSPS) is 24.6. The van der Waals surface area contributed by atoms with Crippen LogP contribution in [0, 0.1) is 31.5 Å². The van der Waals surface area contributed by atoms with Gasteiger partial charge in [-0.05, 0) is 101 Å². The summed E-state index contributed by atoms with van der Waals surface area (Å²) in [6.07, 6.45) is 4.98. The summed E-state index contributed by atoms with van der Waals surface area (Å²) < 4.78 is 31.5. The van der Waals surface area contributed by atoms with Crippen LogP contribution in [0.1, 0.15) is 72.9 Å². The van der Waals surface area contributed by atoms with Crippen molar-refractivity contribution < 1.29 is 28.2 Å². The first-order valence-corrected chi connectivity index (χ1v) is 14.0. The van der Waals surface area contributed by atoms with E-state index in [0.29, 0.717) is 17.9 Å². The van der Waals surface area contributed by atoms with Gasteiger partial charge in [0.05, 0.1) is 12.5 Å². The third kappa shape index (κ3) is 5.18. The quantitative estimate of drug-likeness (QED) is 0.399. The number of likely N-dealkylation sites (tertiary alicyclic amines) is 1. The van der Waals surface area contributed by atoms with Gasteiger partial charge in [-0.15, -0.1) is 0 Å². The van der Waals surface area contributed by atoms with Gasteiger partial charge in [-0.3, -0.25) is 14.5 Å². The van der Waals surface area contributed by atoms with Gasteiger partial charge in [0.25, 0.3) is 0 Å². The van der Waals surface area contributed by atoms with Crippen molar-refractivity contribution in [3.63, 3.8) is 0 Å². The Hall–Kier alpha value is -2.93. The average Bonchev–Trinajstić information content (AvgIpc) is 3.50. The molecule has 5 rings (SSSR count). The first kappa shape index (κ1) is 26.7. The fourth-order valence-corrected chi connectivity index (χ4v) is 6.67.